The summed E-state index contributed by atoms with van der Waals surface area (Å²) >= 11 is 0. The Labute approximate surface area is 146 Å². The number of benzene rings is 1. The maximum Gasteiger partial charge on any atom is 0.289 e. The van der Waals surface area contributed by atoms with E-state index in [-0.39, 0.29) is 0 Å². The molecule has 5 heteroatoms. The van der Waals surface area contributed by atoms with Crippen LogP contribution in [-0.4, -0.2) is 22.6 Å². The molecule has 0 aliphatic heterocycles. The largest absolute Gasteiger partial charge is 0.384 e. The third-order valence-corrected chi connectivity index (χ3v) is 4.36. The Morgan fingerprint density at radius 3 is 2.48 bits per heavy atom. The van der Waals surface area contributed by atoms with Gasteiger partial charge in [-0.25, -0.2) is 0 Å². The number of carbonyl (C=O) groups is 2. The first-order valence-electron chi connectivity index (χ1n) is 8.29. The van der Waals surface area contributed by atoms with Gasteiger partial charge in [0, 0.05) is 24.9 Å². The van der Waals surface area contributed by atoms with Crippen LogP contribution >= 0.6 is 0 Å². The topological polar surface area (TPSA) is 76.6 Å². The highest BCUT2D eigenvalue weighted by molar-refractivity contribution is 6.44. The lowest BCUT2D eigenvalue weighted by Gasteiger charge is -2.09. The summed E-state index contributed by atoms with van der Waals surface area (Å²) in [5.41, 5.74) is 10.1. The fourth-order valence-corrected chi connectivity index (χ4v) is 3.23. The number of Topliss-reactive ketones (excluding diaryl/α,β-unsaturated/α-hetero) is 1. The minimum Gasteiger partial charge on any atom is -0.384 e. The van der Waals surface area contributed by atoms with Gasteiger partial charge in [-0.05, 0) is 37.1 Å². The summed E-state index contributed by atoms with van der Waals surface area (Å²) < 4.78 is 1.98. The van der Waals surface area contributed by atoms with Crippen LogP contribution in [0.1, 0.15) is 34.1 Å². The lowest BCUT2D eigenvalue weighted by Crippen LogP contribution is -2.23. The van der Waals surface area contributed by atoms with Crippen molar-refractivity contribution in [2.75, 3.05) is 11.9 Å². The highest BCUT2D eigenvalue weighted by Crippen LogP contribution is 2.30. The molecule has 0 unspecified atom stereocenters. The van der Waals surface area contributed by atoms with Gasteiger partial charge in [0.1, 0.15) is 0 Å². The van der Waals surface area contributed by atoms with E-state index in [1.54, 1.807) is 0 Å². The Morgan fingerprint density at radius 2 is 1.84 bits per heavy atom. The van der Waals surface area contributed by atoms with Gasteiger partial charge in [0.2, 0.25) is 0 Å². The Hall–Kier alpha value is -3.08. The molecule has 3 N–H and O–H groups in total. The van der Waals surface area contributed by atoms with Gasteiger partial charge in [-0.15, -0.1) is 0 Å². The van der Waals surface area contributed by atoms with Gasteiger partial charge in [0.05, 0.1) is 16.8 Å². The molecule has 3 rings (SSSR count). The number of nitrogens with one attached hydrogen (secondary N) is 1. The number of nitrogens with zero attached hydrogens (tertiary/aromatic N) is 1. The number of anilines is 1. The maximum absolute atomic E-state index is 12.5. The Balaban J connectivity index is 2.27. The second kappa shape index (κ2) is 6.81. The number of pyridine rings is 1. The molecular formula is C20H21N3O2. The number of nitrogens with two attached hydrogens (primary N) is 1. The quantitative estimate of drug-likeness (QED) is 0.537. The summed E-state index contributed by atoms with van der Waals surface area (Å²) in [5.74, 6) is -1.59. The van der Waals surface area contributed by atoms with Crippen molar-refractivity contribution in [2.45, 2.75) is 20.3 Å². The first kappa shape index (κ1) is 16.8. The molecule has 2 aromatic heterocycles. The highest BCUT2D eigenvalue weighted by atomic mass is 16.2. The average molecular weight is 335 g/mol. The number of rotatable bonds is 6. The van der Waals surface area contributed by atoms with E-state index < -0.39 is 11.7 Å². The van der Waals surface area contributed by atoms with Crippen LogP contribution in [0.5, 0.6) is 0 Å². The maximum atomic E-state index is 12.5. The molecule has 2 heterocycles. The summed E-state index contributed by atoms with van der Waals surface area (Å²) in [6.45, 7) is 4.57. The Morgan fingerprint density at radius 1 is 1.12 bits per heavy atom. The van der Waals surface area contributed by atoms with Gasteiger partial charge in [0.15, 0.2) is 0 Å². The first-order valence-corrected chi connectivity index (χ1v) is 8.29. The van der Waals surface area contributed by atoms with E-state index in [1.165, 1.54) is 0 Å². The van der Waals surface area contributed by atoms with Gasteiger partial charge in [-0.1, -0.05) is 30.3 Å². The van der Waals surface area contributed by atoms with Crippen LogP contribution in [0.25, 0.3) is 5.52 Å². The number of ketones is 1. The fourth-order valence-electron chi connectivity index (χ4n) is 3.23. The van der Waals surface area contributed by atoms with Crippen LogP contribution in [0.3, 0.4) is 0 Å². The summed E-state index contributed by atoms with van der Waals surface area (Å²) in [6.07, 6.45) is 2.58. The molecule has 0 aliphatic rings. The van der Waals surface area contributed by atoms with Gasteiger partial charge < -0.3 is 15.5 Å². The van der Waals surface area contributed by atoms with Gasteiger partial charge in [-0.3, -0.25) is 9.59 Å². The lowest BCUT2D eigenvalue weighted by atomic mass is 10.0. The van der Waals surface area contributed by atoms with E-state index in [9.17, 15) is 9.59 Å². The second-order valence-corrected chi connectivity index (χ2v) is 5.97. The number of primary amides is 1. The normalized spacial score (nSPS) is 10.8. The minimum atomic E-state index is -0.937. The average Bonchev–Trinajstić information content (AvgIpc) is 2.88. The van der Waals surface area contributed by atoms with Crippen LogP contribution in [-0.2, 0) is 11.2 Å². The fraction of sp³-hybridized carbons (Fsp3) is 0.200. The molecule has 3 aromatic rings. The number of hydrogen-bond acceptors (Lipinski definition) is 3. The predicted molar refractivity (Wildman–Crippen MR) is 99.1 cm³/mol. The SMILES string of the molecule is CCNc1cccn2c(Cc3ccccc3)c(C)c(C(=O)C(N)=O)c12. The molecule has 0 fully saturated rings. The number of hydrogen-bond donors (Lipinski definition) is 2. The zero-order valence-electron chi connectivity index (χ0n) is 14.4. The summed E-state index contributed by atoms with van der Waals surface area (Å²) in [6, 6.07) is 13.9. The number of carbonyl (C=O) groups excluding carboxylic acids is 2. The van der Waals surface area contributed by atoms with Gasteiger partial charge in [-0.2, -0.15) is 0 Å². The lowest BCUT2D eigenvalue weighted by molar-refractivity contribution is -0.114. The van der Waals surface area contributed by atoms with Crippen molar-refractivity contribution in [3.8, 4) is 0 Å². The molecule has 0 spiro atoms. The third-order valence-electron chi connectivity index (χ3n) is 4.36. The zero-order chi connectivity index (χ0) is 18.0. The van der Waals surface area contributed by atoms with E-state index in [0.717, 1.165) is 22.5 Å². The van der Waals surface area contributed by atoms with Gasteiger partial charge in [0.25, 0.3) is 11.7 Å². The third kappa shape index (κ3) is 3.01. The molecule has 25 heavy (non-hydrogen) atoms. The molecular weight excluding hydrogens is 314 g/mol. The molecule has 0 bridgehead atoms. The molecule has 1 aromatic carbocycles. The smallest absolute Gasteiger partial charge is 0.289 e. The van der Waals surface area contributed by atoms with Crippen LogP contribution < -0.4 is 11.1 Å². The van der Waals surface area contributed by atoms with Crippen LogP contribution in [0.4, 0.5) is 5.69 Å². The number of fused-ring (bicyclic) bond motifs is 1. The van der Waals surface area contributed by atoms with Crippen molar-refractivity contribution >= 4 is 22.9 Å². The van der Waals surface area contributed by atoms with Crippen LogP contribution in [0.2, 0.25) is 0 Å². The van der Waals surface area contributed by atoms with Crippen molar-refractivity contribution in [3.05, 3.63) is 71.0 Å². The molecule has 1 amide bonds. The van der Waals surface area contributed by atoms with Crippen molar-refractivity contribution in [1.82, 2.24) is 4.40 Å². The molecule has 5 nitrogen and oxygen atoms in total. The Bertz CT molecular complexity index is 942. The molecule has 0 radical (unpaired) electrons. The zero-order valence-corrected chi connectivity index (χ0v) is 14.4. The monoisotopic (exact) mass is 335 g/mol. The van der Waals surface area contributed by atoms with E-state index in [0.29, 0.717) is 24.0 Å². The predicted octanol–water partition coefficient (Wildman–Crippen LogP) is 2.94. The van der Waals surface area contributed by atoms with Crippen LogP contribution in [0.15, 0.2) is 48.7 Å². The van der Waals surface area contributed by atoms with Crippen LogP contribution in [0, 0.1) is 6.92 Å². The van der Waals surface area contributed by atoms with Crippen molar-refractivity contribution < 1.29 is 9.59 Å². The minimum absolute atomic E-state index is 0.384. The Kier molecular flexibility index (Phi) is 4.57. The van der Waals surface area contributed by atoms with Gasteiger partial charge >= 0.3 is 0 Å². The molecule has 0 aliphatic carbocycles. The highest BCUT2D eigenvalue weighted by Gasteiger charge is 2.25. The van der Waals surface area contributed by atoms with E-state index in [2.05, 4.69) is 5.32 Å². The standard InChI is InChI=1S/C20H21N3O2/c1-3-22-15-10-7-11-23-16(12-14-8-5-4-6-9-14)13(2)17(18(15)23)19(24)20(21)25/h4-11,22H,3,12H2,1-2H3,(H2,21,25). The molecule has 0 atom stereocenters. The summed E-state index contributed by atoms with van der Waals surface area (Å²) in [4.78, 5) is 24.1. The first-order chi connectivity index (χ1) is 12.0. The van der Waals surface area contributed by atoms with Crippen molar-refractivity contribution in [1.29, 1.82) is 0 Å². The second-order valence-electron chi connectivity index (χ2n) is 5.97. The molecule has 0 saturated carbocycles. The summed E-state index contributed by atoms with van der Waals surface area (Å²) in [7, 11) is 0. The number of amides is 1. The van der Waals surface area contributed by atoms with Crippen molar-refractivity contribution in [2.24, 2.45) is 5.73 Å². The van der Waals surface area contributed by atoms with E-state index in [1.807, 2.05) is 66.9 Å². The van der Waals surface area contributed by atoms with Crippen molar-refractivity contribution in [3.63, 3.8) is 0 Å². The molecule has 128 valence electrons. The summed E-state index contributed by atoms with van der Waals surface area (Å²) in [5, 5.41) is 3.26. The van der Waals surface area contributed by atoms with E-state index in [4.69, 9.17) is 5.73 Å². The molecule has 0 saturated heterocycles. The van der Waals surface area contributed by atoms with E-state index >= 15 is 0 Å². The number of aromatic nitrogens is 1.